The highest BCUT2D eigenvalue weighted by atomic mass is 16.5. The normalized spacial score (nSPS) is 11.9. The lowest BCUT2D eigenvalue weighted by Gasteiger charge is -2.15. The summed E-state index contributed by atoms with van der Waals surface area (Å²) in [6.07, 6.45) is 0.682. The topological polar surface area (TPSA) is 84.6 Å². The van der Waals surface area contributed by atoms with Crippen molar-refractivity contribution in [3.63, 3.8) is 0 Å². The standard InChI is InChI=1S/C13H20N2O3/c1-2-11(8-16)15-13(17)9-18-12-6-4-3-5-10(12)7-14/h3-6,11,16H,2,7-9,14H2,1H3,(H,15,17)/t11-/m0/s1. The van der Waals surface area contributed by atoms with Gasteiger partial charge >= 0.3 is 0 Å². The maximum Gasteiger partial charge on any atom is 0.258 e. The van der Waals surface area contributed by atoms with Crippen LogP contribution in [0.25, 0.3) is 0 Å². The van der Waals surface area contributed by atoms with Crippen molar-refractivity contribution in [2.24, 2.45) is 5.73 Å². The second-order valence-corrected chi connectivity index (χ2v) is 3.96. The molecule has 0 aliphatic carbocycles. The van der Waals surface area contributed by atoms with Crippen LogP contribution in [0.2, 0.25) is 0 Å². The lowest BCUT2D eigenvalue weighted by Crippen LogP contribution is -2.39. The van der Waals surface area contributed by atoms with Crippen LogP contribution in [0.4, 0.5) is 0 Å². The van der Waals surface area contributed by atoms with Crippen LogP contribution in [0, 0.1) is 0 Å². The average molecular weight is 252 g/mol. The molecule has 5 nitrogen and oxygen atoms in total. The summed E-state index contributed by atoms with van der Waals surface area (Å²) in [6.45, 7) is 2.12. The van der Waals surface area contributed by atoms with Crippen LogP contribution < -0.4 is 15.8 Å². The first-order valence-electron chi connectivity index (χ1n) is 6.02. The molecule has 100 valence electrons. The molecular formula is C13H20N2O3. The number of amides is 1. The van der Waals surface area contributed by atoms with E-state index < -0.39 is 0 Å². The first kappa shape index (κ1) is 14.5. The summed E-state index contributed by atoms with van der Waals surface area (Å²) in [7, 11) is 0. The zero-order valence-electron chi connectivity index (χ0n) is 10.6. The molecule has 1 aromatic rings. The molecule has 5 heteroatoms. The Hall–Kier alpha value is -1.59. The fraction of sp³-hybridized carbons (Fsp3) is 0.462. The Morgan fingerprint density at radius 1 is 1.50 bits per heavy atom. The molecule has 0 bridgehead atoms. The van der Waals surface area contributed by atoms with Gasteiger partial charge in [0.05, 0.1) is 12.6 Å². The van der Waals surface area contributed by atoms with Gasteiger partial charge in [-0.05, 0) is 12.5 Å². The van der Waals surface area contributed by atoms with Crippen LogP contribution in [-0.2, 0) is 11.3 Å². The fourth-order valence-corrected chi connectivity index (χ4v) is 1.50. The average Bonchev–Trinajstić information content (AvgIpc) is 2.42. The van der Waals surface area contributed by atoms with Crippen LogP contribution in [-0.4, -0.2) is 30.3 Å². The summed E-state index contributed by atoms with van der Waals surface area (Å²) in [5.41, 5.74) is 6.43. The minimum Gasteiger partial charge on any atom is -0.483 e. The smallest absolute Gasteiger partial charge is 0.258 e. The van der Waals surface area contributed by atoms with Gasteiger partial charge in [-0.3, -0.25) is 4.79 Å². The summed E-state index contributed by atoms with van der Waals surface area (Å²) in [6, 6.07) is 7.11. The van der Waals surface area contributed by atoms with Gasteiger partial charge in [0.15, 0.2) is 6.61 Å². The van der Waals surface area contributed by atoms with Crippen molar-refractivity contribution in [3.8, 4) is 5.75 Å². The van der Waals surface area contributed by atoms with Gasteiger partial charge in [-0.1, -0.05) is 25.1 Å². The molecule has 4 N–H and O–H groups in total. The molecule has 0 aliphatic heterocycles. The molecule has 0 aliphatic rings. The first-order valence-corrected chi connectivity index (χ1v) is 6.02. The highest BCUT2D eigenvalue weighted by Crippen LogP contribution is 2.16. The number of carbonyl (C=O) groups is 1. The Labute approximate surface area is 107 Å². The molecule has 1 amide bonds. The van der Waals surface area contributed by atoms with Crippen LogP contribution in [0.1, 0.15) is 18.9 Å². The summed E-state index contributed by atoms with van der Waals surface area (Å²) in [5.74, 6) is 0.370. The van der Waals surface area contributed by atoms with Gasteiger partial charge in [-0.15, -0.1) is 0 Å². The Morgan fingerprint density at radius 2 is 2.22 bits per heavy atom. The quantitative estimate of drug-likeness (QED) is 0.656. The molecule has 0 fully saturated rings. The number of hydrogen-bond donors (Lipinski definition) is 3. The van der Waals surface area contributed by atoms with Crippen molar-refractivity contribution >= 4 is 5.91 Å². The number of benzene rings is 1. The summed E-state index contributed by atoms with van der Waals surface area (Å²) >= 11 is 0. The van der Waals surface area contributed by atoms with Gasteiger partial charge in [-0.25, -0.2) is 0 Å². The Morgan fingerprint density at radius 3 is 2.83 bits per heavy atom. The Bertz CT molecular complexity index is 378. The van der Waals surface area contributed by atoms with E-state index in [2.05, 4.69) is 5.32 Å². The largest absolute Gasteiger partial charge is 0.483 e. The molecule has 0 heterocycles. The lowest BCUT2D eigenvalue weighted by atomic mass is 10.2. The Kier molecular flexibility index (Phi) is 6.18. The minimum atomic E-state index is -0.247. The lowest BCUT2D eigenvalue weighted by molar-refractivity contribution is -0.124. The van der Waals surface area contributed by atoms with Crippen molar-refractivity contribution in [1.29, 1.82) is 0 Å². The van der Waals surface area contributed by atoms with Gasteiger partial charge in [0.1, 0.15) is 5.75 Å². The second-order valence-electron chi connectivity index (χ2n) is 3.96. The molecule has 0 saturated heterocycles. The second kappa shape index (κ2) is 7.68. The fourth-order valence-electron chi connectivity index (χ4n) is 1.50. The highest BCUT2D eigenvalue weighted by molar-refractivity contribution is 5.77. The number of para-hydroxylation sites is 1. The molecule has 0 radical (unpaired) electrons. The number of ether oxygens (including phenoxy) is 1. The molecule has 0 unspecified atom stereocenters. The third-order valence-corrected chi connectivity index (χ3v) is 2.63. The van der Waals surface area contributed by atoms with E-state index in [1.54, 1.807) is 6.07 Å². The summed E-state index contributed by atoms with van der Waals surface area (Å²) < 4.78 is 5.41. The van der Waals surface area contributed by atoms with E-state index in [1.807, 2.05) is 25.1 Å². The number of hydrogen-bond acceptors (Lipinski definition) is 4. The van der Waals surface area contributed by atoms with Crippen molar-refractivity contribution in [2.45, 2.75) is 25.9 Å². The van der Waals surface area contributed by atoms with Gasteiger partial charge in [0.2, 0.25) is 0 Å². The van der Waals surface area contributed by atoms with Crippen molar-refractivity contribution in [3.05, 3.63) is 29.8 Å². The highest BCUT2D eigenvalue weighted by Gasteiger charge is 2.10. The molecule has 1 atom stereocenters. The molecule has 0 spiro atoms. The van der Waals surface area contributed by atoms with Crippen molar-refractivity contribution in [1.82, 2.24) is 5.32 Å². The number of nitrogens with one attached hydrogen (secondary N) is 1. The maximum atomic E-state index is 11.6. The van der Waals surface area contributed by atoms with Crippen molar-refractivity contribution < 1.29 is 14.6 Å². The molecular weight excluding hydrogens is 232 g/mol. The van der Waals surface area contributed by atoms with E-state index in [0.717, 1.165) is 5.56 Å². The van der Waals surface area contributed by atoms with E-state index in [0.29, 0.717) is 18.7 Å². The van der Waals surface area contributed by atoms with Gasteiger partial charge in [0.25, 0.3) is 5.91 Å². The molecule has 1 aromatic carbocycles. The minimum absolute atomic E-state index is 0.0678. The number of aliphatic hydroxyl groups excluding tert-OH is 1. The SMILES string of the molecule is CC[C@@H](CO)NC(=O)COc1ccccc1CN. The van der Waals surface area contributed by atoms with E-state index in [9.17, 15) is 4.79 Å². The maximum absolute atomic E-state index is 11.6. The number of carbonyl (C=O) groups excluding carboxylic acids is 1. The van der Waals surface area contributed by atoms with Crippen LogP contribution >= 0.6 is 0 Å². The molecule has 18 heavy (non-hydrogen) atoms. The third kappa shape index (κ3) is 4.35. The number of nitrogens with two attached hydrogens (primary N) is 1. The van der Waals surface area contributed by atoms with Crippen LogP contribution in [0.5, 0.6) is 5.75 Å². The van der Waals surface area contributed by atoms with Gasteiger partial charge < -0.3 is 20.9 Å². The molecule has 0 aromatic heterocycles. The van der Waals surface area contributed by atoms with E-state index >= 15 is 0 Å². The summed E-state index contributed by atoms with van der Waals surface area (Å²) in [5, 5.41) is 11.6. The van der Waals surface area contributed by atoms with E-state index in [4.69, 9.17) is 15.6 Å². The summed E-state index contributed by atoms with van der Waals surface area (Å²) in [4.78, 5) is 11.6. The number of rotatable bonds is 7. The van der Waals surface area contributed by atoms with Crippen LogP contribution in [0.15, 0.2) is 24.3 Å². The number of aliphatic hydroxyl groups is 1. The third-order valence-electron chi connectivity index (χ3n) is 2.63. The predicted molar refractivity (Wildman–Crippen MR) is 69.1 cm³/mol. The first-order chi connectivity index (χ1) is 8.71. The van der Waals surface area contributed by atoms with Crippen molar-refractivity contribution in [2.75, 3.05) is 13.2 Å². The van der Waals surface area contributed by atoms with Gasteiger partial charge in [-0.2, -0.15) is 0 Å². The zero-order valence-corrected chi connectivity index (χ0v) is 10.6. The Balaban J connectivity index is 2.47. The molecule has 0 saturated carbocycles. The monoisotopic (exact) mass is 252 g/mol. The molecule has 1 rings (SSSR count). The van der Waals surface area contributed by atoms with Crippen LogP contribution in [0.3, 0.4) is 0 Å². The van der Waals surface area contributed by atoms with E-state index in [1.165, 1.54) is 0 Å². The predicted octanol–water partition coefficient (Wildman–Crippen LogP) is 0.411. The van der Waals surface area contributed by atoms with E-state index in [-0.39, 0.29) is 25.2 Å². The van der Waals surface area contributed by atoms with Gasteiger partial charge in [0, 0.05) is 12.1 Å². The zero-order chi connectivity index (χ0) is 13.4.